The first-order valence-electron chi connectivity index (χ1n) is 7.61. The molecule has 5 nitrogen and oxygen atoms in total. The highest BCUT2D eigenvalue weighted by atomic mass is 16.5. The van der Waals surface area contributed by atoms with Gasteiger partial charge in [0.15, 0.2) is 5.82 Å². The molecule has 1 N–H and O–H groups in total. The van der Waals surface area contributed by atoms with E-state index in [2.05, 4.69) is 14.9 Å². The van der Waals surface area contributed by atoms with Crippen LogP contribution in [0.1, 0.15) is 44.9 Å². The highest BCUT2D eigenvalue weighted by molar-refractivity contribution is 5.51. The fourth-order valence-corrected chi connectivity index (χ4v) is 3.78. The number of methoxy groups -OCH3 is 1. The second kappa shape index (κ2) is 5.46. The summed E-state index contributed by atoms with van der Waals surface area (Å²) in [5.41, 5.74) is 0.360. The molecule has 1 aliphatic carbocycles. The molecule has 5 heteroatoms. The van der Waals surface area contributed by atoms with Crippen LogP contribution in [0.25, 0.3) is 0 Å². The van der Waals surface area contributed by atoms with Gasteiger partial charge in [0.05, 0.1) is 13.4 Å². The van der Waals surface area contributed by atoms with Gasteiger partial charge in [-0.05, 0) is 31.1 Å². The Labute approximate surface area is 119 Å². The van der Waals surface area contributed by atoms with Crippen molar-refractivity contribution in [2.45, 2.75) is 44.9 Å². The highest BCUT2D eigenvalue weighted by Crippen LogP contribution is 2.45. The summed E-state index contributed by atoms with van der Waals surface area (Å²) in [4.78, 5) is 20.8. The third-order valence-electron chi connectivity index (χ3n) is 5.03. The van der Waals surface area contributed by atoms with Gasteiger partial charge in [0, 0.05) is 13.1 Å². The number of aromatic amines is 1. The van der Waals surface area contributed by atoms with Crippen LogP contribution >= 0.6 is 0 Å². The zero-order chi connectivity index (χ0) is 14.0. The Bertz CT molecular complexity index is 510. The SMILES string of the molecule is COc1c(N2CCC3(CCCCC3)CC2)nc[nH]c1=O. The number of piperidine rings is 1. The molecule has 0 aromatic carbocycles. The third-order valence-corrected chi connectivity index (χ3v) is 5.03. The summed E-state index contributed by atoms with van der Waals surface area (Å²) in [5, 5.41) is 0. The summed E-state index contributed by atoms with van der Waals surface area (Å²) in [6, 6.07) is 0. The first-order chi connectivity index (χ1) is 9.74. The highest BCUT2D eigenvalue weighted by Gasteiger charge is 2.36. The average Bonchev–Trinajstić information content (AvgIpc) is 2.49. The minimum Gasteiger partial charge on any atom is -0.489 e. The summed E-state index contributed by atoms with van der Waals surface area (Å²) in [5.74, 6) is 1.04. The number of hydrogen-bond acceptors (Lipinski definition) is 4. The van der Waals surface area contributed by atoms with Crippen molar-refractivity contribution in [1.29, 1.82) is 0 Å². The van der Waals surface area contributed by atoms with Gasteiger partial charge in [-0.3, -0.25) is 4.79 Å². The van der Waals surface area contributed by atoms with Crippen molar-refractivity contribution in [2.24, 2.45) is 5.41 Å². The van der Waals surface area contributed by atoms with Crippen molar-refractivity contribution in [2.75, 3.05) is 25.1 Å². The Balaban J connectivity index is 1.75. The van der Waals surface area contributed by atoms with Crippen molar-refractivity contribution in [3.05, 3.63) is 16.7 Å². The van der Waals surface area contributed by atoms with Crippen molar-refractivity contribution < 1.29 is 4.74 Å². The van der Waals surface area contributed by atoms with Crippen LogP contribution in [0.2, 0.25) is 0 Å². The molecule has 0 amide bonds. The Morgan fingerprint density at radius 3 is 2.55 bits per heavy atom. The summed E-state index contributed by atoms with van der Waals surface area (Å²) in [6.45, 7) is 1.96. The lowest BCUT2D eigenvalue weighted by molar-refractivity contribution is 0.144. The fraction of sp³-hybridized carbons (Fsp3) is 0.733. The maximum absolute atomic E-state index is 11.8. The van der Waals surface area contributed by atoms with Crippen LogP contribution in [0.15, 0.2) is 11.1 Å². The van der Waals surface area contributed by atoms with E-state index in [9.17, 15) is 4.79 Å². The average molecular weight is 277 g/mol. The normalized spacial score (nSPS) is 21.9. The Morgan fingerprint density at radius 1 is 1.20 bits per heavy atom. The number of H-pyrrole nitrogens is 1. The van der Waals surface area contributed by atoms with Gasteiger partial charge >= 0.3 is 0 Å². The smallest absolute Gasteiger partial charge is 0.295 e. The third kappa shape index (κ3) is 2.41. The van der Waals surface area contributed by atoms with Crippen LogP contribution in [-0.4, -0.2) is 30.2 Å². The largest absolute Gasteiger partial charge is 0.489 e. The molecule has 3 rings (SSSR count). The van der Waals surface area contributed by atoms with Crippen molar-refractivity contribution >= 4 is 5.82 Å². The van der Waals surface area contributed by atoms with Gasteiger partial charge in [0.25, 0.3) is 5.56 Å². The maximum Gasteiger partial charge on any atom is 0.295 e. The summed E-state index contributed by atoms with van der Waals surface area (Å²) < 4.78 is 5.22. The van der Waals surface area contributed by atoms with E-state index in [4.69, 9.17) is 4.74 Å². The molecule has 0 atom stereocenters. The van der Waals surface area contributed by atoms with E-state index in [1.165, 1.54) is 58.4 Å². The molecular formula is C15H23N3O2. The van der Waals surface area contributed by atoms with Crippen LogP contribution in [0.4, 0.5) is 5.82 Å². The van der Waals surface area contributed by atoms with Gasteiger partial charge in [-0.2, -0.15) is 0 Å². The van der Waals surface area contributed by atoms with Crippen LogP contribution < -0.4 is 15.2 Å². The summed E-state index contributed by atoms with van der Waals surface area (Å²) >= 11 is 0. The molecule has 0 radical (unpaired) electrons. The molecule has 1 aromatic heterocycles. The molecule has 2 aliphatic rings. The van der Waals surface area contributed by atoms with E-state index in [1.54, 1.807) is 0 Å². The van der Waals surface area contributed by atoms with Gasteiger partial charge in [-0.25, -0.2) is 4.98 Å². The predicted octanol–water partition coefficient (Wildman–Crippen LogP) is 2.33. The van der Waals surface area contributed by atoms with Gasteiger partial charge in [-0.1, -0.05) is 19.3 Å². The van der Waals surface area contributed by atoms with E-state index in [0.29, 0.717) is 17.0 Å². The van der Waals surface area contributed by atoms with Crippen LogP contribution in [0, 0.1) is 5.41 Å². The van der Waals surface area contributed by atoms with Crippen molar-refractivity contribution in [3.8, 4) is 5.75 Å². The zero-order valence-corrected chi connectivity index (χ0v) is 12.2. The second-order valence-electron chi connectivity index (χ2n) is 6.14. The van der Waals surface area contributed by atoms with E-state index in [1.807, 2.05) is 0 Å². The monoisotopic (exact) mass is 277 g/mol. The fourth-order valence-electron chi connectivity index (χ4n) is 3.78. The summed E-state index contributed by atoms with van der Waals surface area (Å²) in [7, 11) is 1.53. The lowest BCUT2D eigenvalue weighted by Gasteiger charge is -2.44. The maximum atomic E-state index is 11.8. The standard InChI is InChI=1S/C15H23N3O2/c1-20-12-13(16-11-17-14(12)19)18-9-7-15(8-10-18)5-3-2-4-6-15/h11H,2-10H2,1H3,(H,16,17,19). The minimum atomic E-state index is -0.199. The molecule has 1 saturated carbocycles. The van der Waals surface area contributed by atoms with Crippen LogP contribution in [0.3, 0.4) is 0 Å². The Hall–Kier alpha value is -1.52. The molecule has 1 saturated heterocycles. The van der Waals surface area contributed by atoms with E-state index >= 15 is 0 Å². The van der Waals surface area contributed by atoms with Gasteiger partial charge in [-0.15, -0.1) is 0 Å². The lowest BCUT2D eigenvalue weighted by atomic mass is 9.68. The van der Waals surface area contributed by atoms with Gasteiger partial charge < -0.3 is 14.6 Å². The molecular weight excluding hydrogens is 254 g/mol. The van der Waals surface area contributed by atoms with Crippen LogP contribution in [0.5, 0.6) is 5.75 Å². The number of ether oxygens (including phenoxy) is 1. The Morgan fingerprint density at radius 2 is 1.90 bits per heavy atom. The quantitative estimate of drug-likeness (QED) is 0.901. The van der Waals surface area contributed by atoms with Gasteiger partial charge in [0.2, 0.25) is 5.75 Å². The minimum absolute atomic E-state index is 0.199. The number of aromatic nitrogens is 2. The molecule has 2 heterocycles. The molecule has 110 valence electrons. The first kappa shape index (κ1) is 13.5. The Kier molecular flexibility index (Phi) is 3.68. The lowest BCUT2D eigenvalue weighted by Crippen LogP contribution is -2.42. The number of hydrogen-bond donors (Lipinski definition) is 1. The van der Waals surface area contributed by atoms with E-state index < -0.39 is 0 Å². The second-order valence-corrected chi connectivity index (χ2v) is 6.14. The molecule has 1 aromatic rings. The number of nitrogens with one attached hydrogen (secondary N) is 1. The molecule has 1 spiro atoms. The summed E-state index contributed by atoms with van der Waals surface area (Å²) in [6.07, 6.45) is 10.8. The molecule has 20 heavy (non-hydrogen) atoms. The molecule has 2 fully saturated rings. The topological polar surface area (TPSA) is 58.2 Å². The van der Waals surface area contributed by atoms with Gasteiger partial charge in [0.1, 0.15) is 0 Å². The molecule has 1 aliphatic heterocycles. The molecule has 0 unspecified atom stereocenters. The van der Waals surface area contributed by atoms with Crippen molar-refractivity contribution in [3.63, 3.8) is 0 Å². The van der Waals surface area contributed by atoms with E-state index in [-0.39, 0.29) is 5.56 Å². The van der Waals surface area contributed by atoms with E-state index in [0.717, 1.165) is 13.1 Å². The molecule has 0 bridgehead atoms. The number of rotatable bonds is 2. The van der Waals surface area contributed by atoms with Crippen molar-refractivity contribution in [1.82, 2.24) is 9.97 Å². The zero-order valence-electron chi connectivity index (χ0n) is 12.2. The van der Waals surface area contributed by atoms with Crippen LogP contribution in [-0.2, 0) is 0 Å². The number of anilines is 1. The predicted molar refractivity (Wildman–Crippen MR) is 78.4 cm³/mol. The number of nitrogens with zero attached hydrogens (tertiary/aromatic N) is 2. The first-order valence-corrected chi connectivity index (χ1v) is 7.61.